The van der Waals surface area contributed by atoms with Gasteiger partial charge in [0, 0.05) is 22.8 Å². The number of hydrogen-bond acceptors (Lipinski definition) is 2. The molecule has 0 amide bonds. The molecule has 0 spiro atoms. The van der Waals surface area contributed by atoms with E-state index in [1.165, 1.54) is 24.3 Å². The van der Waals surface area contributed by atoms with Crippen molar-refractivity contribution in [2.45, 2.75) is 32.7 Å². The van der Waals surface area contributed by atoms with Crippen LogP contribution in [0.5, 0.6) is 0 Å². The van der Waals surface area contributed by atoms with E-state index in [4.69, 9.17) is 0 Å². The maximum Gasteiger partial charge on any atom is 0.0112 e. The first-order chi connectivity index (χ1) is 7.67. The molecule has 0 aliphatic heterocycles. The molecule has 0 saturated carbocycles. The molecule has 0 radical (unpaired) electrons. The summed E-state index contributed by atoms with van der Waals surface area (Å²) < 4.78 is 0. The Kier molecular flexibility index (Phi) is 6.62. The second kappa shape index (κ2) is 7.46. The van der Waals surface area contributed by atoms with Crippen molar-refractivity contribution in [2.24, 2.45) is 5.92 Å². The molecule has 2 unspecified atom stereocenters. The highest BCUT2D eigenvalue weighted by Crippen LogP contribution is 2.15. The van der Waals surface area contributed by atoms with E-state index in [0.29, 0.717) is 6.04 Å². The third-order valence-corrected chi connectivity index (χ3v) is 4.99. The van der Waals surface area contributed by atoms with Gasteiger partial charge in [0.2, 0.25) is 0 Å². The summed E-state index contributed by atoms with van der Waals surface area (Å²) in [4.78, 5) is 3.97. The molecule has 1 aromatic rings. The Balaban J connectivity index is 2.38. The van der Waals surface area contributed by atoms with Gasteiger partial charge < -0.3 is 4.90 Å². The second-order valence-electron chi connectivity index (χ2n) is 4.50. The van der Waals surface area contributed by atoms with Crippen molar-refractivity contribution in [3.63, 3.8) is 0 Å². The summed E-state index contributed by atoms with van der Waals surface area (Å²) in [6, 6.07) is 5.00. The predicted octanol–water partition coefficient (Wildman–Crippen LogP) is 4.03. The Bertz CT molecular complexity index is 269. The standard InChI is InChI=1S/C13H22BrNS/c1-4-12(9-14)10-15(3)11(2)8-13-6-5-7-16-13/h5-7,11-12H,4,8-10H2,1-3H3. The zero-order chi connectivity index (χ0) is 12.0. The summed E-state index contributed by atoms with van der Waals surface area (Å²) >= 11 is 5.45. The number of hydrogen-bond donors (Lipinski definition) is 0. The third kappa shape index (κ3) is 4.56. The van der Waals surface area contributed by atoms with Gasteiger partial charge in [0.15, 0.2) is 0 Å². The molecule has 1 nitrogen and oxygen atoms in total. The van der Waals surface area contributed by atoms with E-state index in [2.05, 4.69) is 59.2 Å². The molecule has 0 N–H and O–H groups in total. The lowest BCUT2D eigenvalue weighted by molar-refractivity contribution is 0.223. The van der Waals surface area contributed by atoms with E-state index in [0.717, 1.165) is 11.2 Å². The molecule has 1 rings (SSSR count). The van der Waals surface area contributed by atoms with Gasteiger partial charge in [-0.15, -0.1) is 11.3 Å². The van der Waals surface area contributed by atoms with Crippen LogP contribution in [0.3, 0.4) is 0 Å². The van der Waals surface area contributed by atoms with E-state index in [1.54, 1.807) is 0 Å². The molecular formula is C13H22BrNS. The molecule has 0 aromatic carbocycles. The molecule has 1 heterocycles. The van der Waals surface area contributed by atoms with Crippen LogP contribution >= 0.6 is 27.3 Å². The first-order valence-corrected chi connectivity index (χ1v) is 7.96. The van der Waals surface area contributed by atoms with Crippen LogP contribution < -0.4 is 0 Å². The summed E-state index contributed by atoms with van der Waals surface area (Å²) in [6.45, 7) is 5.78. The number of rotatable bonds is 7. The minimum absolute atomic E-state index is 0.631. The predicted molar refractivity (Wildman–Crippen MR) is 77.7 cm³/mol. The highest BCUT2D eigenvalue weighted by molar-refractivity contribution is 9.09. The van der Waals surface area contributed by atoms with Crippen molar-refractivity contribution < 1.29 is 0 Å². The molecule has 0 bridgehead atoms. The van der Waals surface area contributed by atoms with Crippen LogP contribution in [0.25, 0.3) is 0 Å². The zero-order valence-corrected chi connectivity index (χ0v) is 12.9. The quantitative estimate of drug-likeness (QED) is 0.687. The summed E-state index contributed by atoms with van der Waals surface area (Å²) in [7, 11) is 2.24. The maximum atomic E-state index is 3.59. The average Bonchev–Trinajstić information content (AvgIpc) is 2.78. The van der Waals surface area contributed by atoms with Gasteiger partial charge in [-0.3, -0.25) is 0 Å². The van der Waals surface area contributed by atoms with Crippen LogP contribution in [-0.4, -0.2) is 29.9 Å². The minimum atomic E-state index is 0.631. The summed E-state index contributed by atoms with van der Waals surface area (Å²) in [5.41, 5.74) is 0. The topological polar surface area (TPSA) is 3.24 Å². The van der Waals surface area contributed by atoms with Gasteiger partial charge in [-0.1, -0.05) is 35.3 Å². The summed E-state index contributed by atoms with van der Waals surface area (Å²) in [5, 5.41) is 3.27. The third-order valence-electron chi connectivity index (χ3n) is 3.17. The molecule has 2 atom stereocenters. The molecule has 0 aliphatic carbocycles. The van der Waals surface area contributed by atoms with E-state index >= 15 is 0 Å². The Morgan fingerprint density at radius 1 is 1.50 bits per heavy atom. The largest absolute Gasteiger partial charge is 0.303 e. The van der Waals surface area contributed by atoms with Gasteiger partial charge in [-0.05, 0) is 37.8 Å². The average molecular weight is 304 g/mol. The van der Waals surface area contributed by atoms with Gasteiger partial charge in [-0.25, -0.2) is 0 Å². The first-order valence-electron chi connectivity index (χ1n) is 5.96. The highest BCUT2D eigenvalue weighted by atomic mass is 79.9. The lowest BCUT2D eigenvalue weighted by Gasteiger charge is -2.27. The monoisotopic (exact) mass is 303 g/mol. The fourth-order valence-electron chi connectivity index (χ4n) is 1.75. The zero-order valence-electron chi connectivity index (χ0n) is 10.4. The van der Waals surface area contributed by atoms with Crippen molar-refractivity contribution in [1.82, 2.24) is 4.90 Å². The van der Waals surface area contributed by atoms with Crippen LogP contribution in [-0.2, 0) is 6.42 Å². The van der Waals surface area contributed by atoms with Gasteiger partial charge in [0.05, 0.1) is 0 Å². The van der Waals surface area contributed by atoms with Crippen molar-refractivity contribution in [3.05, 3.63) is 22.4 Å². The minimum Gasteiger partial charge on any atom is -0.303 e. The molecular weight excluding hydrogens is 282 g/mol. The Morgan fingerprint density at radius 2 is 2.25 bits per heavy atom. The van der Waals surface area contributed by atoms with E-state index in [1.807, 2.05) is 11.3 Å². The normalized spacial score (nSPS) is 15.3. The Labute approximate surface area is 112 Å². The number of thiophene rings is 1. The van der Waals surface area contributed by atoms with Crippen molar-refractivity contribution in [2.75, 3.05) is 18.9 Å². The van der Waals surface area contributed by atoms with Crippen molar-refractivity contribution in [1.29, 1.82) is 0 Å². The van der Waals surface area contributed by atoms with E-state index in [-0.39, 0.29) is 0 Å². The fourth-order valence-corrected chi connectivity index (χ4v) is 3.24. The number of nitrogens with zero attached hydrogens (tertiary/aromatic N) is 1. The lowest BCUT2D eigenvalue weighted by atomic mass is 10.1. The van der Waals surface area contributed by atoms with Gasteiger partial charge in [0.1, 0.15) is 0 Å². The fraction of sp³-hybridized carbons (Fsp3) is 0.692. The molecule has 1 aromatic heterocycles. The maximum absolute atomic E-state index is 3.59. The Hall–Kier alpha value is 0.140. The SMILES string of the molecule is CCC(CBr)CN(C)C(C)Cc1cccs1. The van der Waals surface area contributed by atoms with Crippen LogP contribution in [0, 0.1) is 5.92 Å². The van der Waals surface area contributed by atoms with Gasteiger partial charge in [0.25, 0.3) is 0 Å². The summed E-state index contributed by atoms with van der Waals surface area (Å²) in [6.07, 6.45) is 2.42. The van der Waals surface area contributed by atoms with Gasteiger partial charge >= 0.3 is 0 Å². The first kappa shape index (κ1) is 14.2. The molecule has 0 aliphatic rings. The van der Waals surface area contributed by atoms with Crippen molar-refractivity contribution >= 4 is 27.3 Å². The molecule has 0 saturated heterocycles. The molecule has 92 valence electrons. The Morgan fingerprint density at radius 3 is 2.75 bits per heavy atom. The van der Waals surface area contributed by atoms with E-state index in [9.17, 15) is 0 Å². The molecule has 3 heteroatoms. The highest BCUT2D eigenvalue weighted by Gasteiger charge is 2.14. The van der Waals surface area contributed by atoms with Crippen LogP contribution in [0.15, 0.2) is 17.5 Å². The van der Waals surface area contributed by atoms with Crippen LogP contribution in [0.4, 0.5) is 0 Å². The van der Waals surface area contributed by atoms with Crippen molar-refractivity contribution in [3.8, 4) is 0 Å². The second-order valence-corrected chi connectivity index (χ2v) is 6.18. The number of alkyl halides is 1. The number of likely N-dealkylation sites (N-methyl/N-ethyl adjacent to an activating group) is 1. The molecule has 16 heavy (non-hydrogen) atoms. The molecule has 0 fully saturated rings. The van der Waals surface area contributed by atoms with Crippen LogP contribution in [0.1, 0.15) is 25.1 Å². The summed E-state index contributed by atoms with van der Waals surface area (Å²) in [5.74, 6) is 0.774. The van der Waals surface area contributed by atoms with Gasteiger partial charge in [-0.2, -0.15) is 0 Å². The van der Waals surface area contributed by atoms with Crippen LogP contribution in [0.2, 0.25) is 0 Å². The smallest absolute Gasteiger partial charge is 0.0112 e. The lowest BCUT2D eigenvalue weighted by Crippen LogP contribution is -2.35. The number of halogens is 1. The van der Waals surface area contributed by atoms with E-state index < -0.39 is 0 Å².